The molecule has 0 aliphatic rings. The molecule has 0 aliphatic heterocycles. The molecule has 1 unspecified atom stereocenters. The molecule has 0 saturated carbocycles. The fraction of sp³-hybridized carbons (Fsp3) is 0.462. The minimum absolute atomic E-state index is 0.0855. The van der Waals surface area contributed by atoms with Crippen LogP contribution in [0.3, 0.4) is 0 Å². The van der Waals surface area contributed by atoms with Gasteiger partial charge < -0.3 is 11.1 Å². The van der Waals surface area contributed by atoms with Gasteiger partial charge in [0.25, 0.3) is 0 Å². The molecule has 1 rings (SSSR count). The van der Waals surface area contributed by atoms with Gasteiger partial charge in [-0.15, -0.1) is 0 Å². The summed E-state index contributed by atoms with van der Waals surface area (Å²) in [5, 5.41) is 4.00. The molecule has 1 amide bonds. The van der Waals surface area contributed by atoms with Gasteiger partial charge in [-0.1, -0.05) is 29.8 Å². The van der Waals surface area contributed by atoms with Crippen LogP contribution in [0.15, 0.2) is 24.3 Å². The first-order valence-electron chi connectivity index (χ1n) is 5.62. The zero-order valence-corrected chi connectivity index (χ0v) is 11.2. The Morgan fingerprint density at radius 1 is 1.47 bits per heavy atom. The predicted molar refractivity (Wildman–Crippen MR) is 70.8 cm³/mol. The van der Waals surface area contributed by atoms with Crippen LogP contribution < -0.4 is 11.1 Å². The van der Waals surface area contributed by atoms with Crippen molar-refractivity contribution in [1.82, 2.24) is 5.32 Å². The summed E-state index contributed by atoms with van der Waals surface area (Å²) in [5.41, 5.74) is 5.78. The van der Waals surface area contributed by atoms with E-state index >= 15 is 0 Å². The molecule has 0 aromatic heterocycles. The van der Waals surface area contributed by atoms with Crippen LogP contribution in [0.2, 0.25) is 5.02 Å². The van der Waals surface area contributed by atoms with Crippen molar-refractivity contribution in [1.29, 1.82) is 0 Å². The van der Waals surface area contributed by atoms with Crippen LogP contribution in [0, 0.1) is 5.41 Å². The third-order valence-corrected chi connectivity index (χ3v) is 3.23. The third-order valence-electron chi connectivity index (χ3n) is 2.89. The van der Waals surface area contributed by atoms with Crippen molar-refractivity contribution in [2.45, 2.75) is 26.8 Å². The van der Waals surface area contributed by atoms with E-state index in [1.807, 2.05) is 45.0 Å². The molecule has 0 radical (unpaired) electrons. The normalized spacial score (nSPS) is 13.4. The third kappa shape index (κ3) is 3.72. The highest BCUT2D eigenvalue weighted by Gasteiger charge is 2.25. The standard InChI is InChI=1S/C13H19ClN2O/c1-9(10-6-4-5-7-11(10)14)16-8-13(2,3)12(15)17/h4-7,9,16H,8H2,1-3H3,(H2,15,17). The molecule has 17 heavy (non-hydrogen) atoms. The Hall–Kier alpha value is -1.06. The molecule has 0 bridgehead atoms. The predicted octanol–water partition coefficient (Wildman–Crippen LogP) is 2.50. The zero-order chi connectivity index (χ0) is 13.1. The molecule has 94 valence electrons. The van der Waals surface area contributed by atoms with Gasteiger partial charge in [0.15, 0.2) is 0 Å². The van der Waals surface area contributed by atoms with Gasteiger partial charge in [-0.25, -0.2) is 0 Å². The summed E-state index contributed by atoms with van der Waals surface area (Å²) in [6.07, 6.45) is 0. The first-order chi connectivity index (χ1) is 7.84. The highest BCUT2D eigenvalue weighted by Crippen LogP contribution is 2.23. The molecule has 1 atom stereocenters. The minimum atomic E-state index is -0.560. The van der Waals surface area contributed by atoms with Gasteiger partial charge >= 0.3 is 0 Å². The second-order valence-corrected chi connectivity index (χ2v) is 5.28. The van der Waals surface area contributed by atoms with Crippen LogP contribution >= 0.6 is 11.6 Å². The van der Waals surface area contributed by atoms with E-state index in [0.29, 0.717) is 6.54 Å². The number of nitrogens with one attached hydrogen (secondary N) is 1. The fourth-order valence-electron chi connectivity index (χ4n) is 1.43. The largest absolute Gasteiger partial charge is 0.369 e. The average Bonchev–Trinajstić information content (AvgIpc) is 2.26. The van der Waals surface area contributed by atoms with Gasteiger partial charge in [0, 0.05) is 17.6 Å². The Bertz CT molecular complexity index is 404. The second-order valence-electron chi connectivity index (χ2n) is 4.87. The summed E-state index contributed by atoms with van der Waals surface area (Å²) in [7, 11) is 0. The van der Waals surface area contributed by atoms with E-state index < -0.39 is 5.41 Å². The molecular formula is C13H19ClN2O. The highest BCUT2D eigenvalue weighted by molar-refractivity contribution is 6.31. The van der Waals surface area contributed by atoms with Crippen molar-refractivity contribution in [2.75, 3.05) is 6.54 Å². The SMILES string of the molecule is CC(NCC(C)(C)C(N)=O)c1ccccc1Cl. The number of carbonyl (C=O) groups is 1. The van der Waals surface area contributed by atoms with Crippen molar-refractivity contribution in [3.05, 3.63) is 34.9 Å². The highest BCUT2D eigenvalue weighted by atomic mass is 35.5. The number of nitrogens with two attached hydrogens (primary N) is 1. The van der Waals surface area contributed by atoms with Crippen LogP contribution in [-0.4, -0.2) is 12.5 Å². The Morgan fingerprint density at radius 2 is 2.06 bits per heavy atom. The maximum absolute atomic E-state index is 11.2. The molecule has 0 aliphatic carbocycles. The second kappa shape index (κ2) is 5.52. The van der Waals surface area contributed by atoms with Gasteiger partial charge in [0.2, 0.25) is 5.91 Å². The molecule has 0 fully saturated rings. The summed E-state index contributed by atoms with van der Waals surface area (Å²) in [5.74, 6) is -0.309. The van der Waals surface area contributed by atoms with Gasteiger partial charge in [0.05, 0.1) is 5.41 Å². The van der Waals surface area contributed by atoms with E-state index in [0.717, 1.165) is 10.6 Å². The zero-order valence-electron chi connectivity index (χ0n) is 10.5. The number of halogens is 1. The lowest BCUT2D eigenvalue weighted by Crippen LogP contribution is -2.41. The van der Waals surface area contributed by atoms with Crippen molar-refractivity contribution >= 4 is 17.5 Å². The van der Waals surface area contributed by atoms with Crippen LogP contribution in [-0.2, 0) is 4.79 Å². The summed E-state index contributed by atoms with van der Waals surface area (Å²) >= 11 is 6.10. The number of carbonyl (C=O) groups excluding carboxylic acids is 1. The van der Waals surface area contributed by atoms with Gasteiger partial charge in [0.1, 0.15) is 0 Å². The van der Waals surface area contributed by atoms with Crippen molar-refractivity contribution in [2.24, 2.45) is 11.1 Å². The summed E-state index contributed by atoms with van der Waals surface area (Å²) in [6, 6.07) is 7.75. The van der Waals surface area contributed by atoms with Gasteiger partial charge in [-0.3, -0.25) is 4.79 Å². The summed E-state index contributed by atoms with van der Waals surface area (Å²) in [6.45, 7) is 6.18. The Morgan fingerprint density at radius 3 is 2.59 bits per heavy atom. The maximum atomic E-state index is 11.2. The Labute approximate surface area is 107 Å². The minimum Gasteiger partial charge on any atom is -0.369 e. The smallest absolute Gasteiger partial charge is 0.224 e. The van der Waals surface area contributed by atoms with E-state index in [9.17, 15) is 4.79 Å². The van der Waals surface area contributed by atoms with E-state index in [2.05, 4.69) is 5.32 Å². The van der Waals surface area contributed by atoms with E-state index in [1.54, 1.807) is 0 Å². The molecule has 0 saturated heterocycles. The molecular weight excluding hydrogens is 236 g/mol. The maximum Gasteiger partial charge on any atom is 0.224 e. The molecule has 0 heterocycles. The topological polar surface area (TPSA) is 55.1 Å². The summed E-state index contributed by atoms with van der Waals surface area (Å²) in [4.78, 5) is 11.2. The molecule has 1 aromatic carbocycles. The lowest BCUT2D eigenvalue weighted by molar-refractivity contribution is -0.125. The molecule has 4 heteroatoms. The van der Waals surface area contributed by atoms with Crippen molar-refractivity contribution < 1.29 is 4.79 Å². The lowest BCUT2D eigenvalue weighted by Gasteiger charge is -2.24. The Balaban J connectivity index is 2.65. The van der Waals surface area contributed by atoms with Crippen molar-refractivity contribution in [3.63, 3.8) is 0 Å². The van der Waals surface area contributed by atoms with E-state index in [4.69, 9.17) is 17.3 Å². The van der Waals surface area contributed by atoms with Crippen LogP contribution in [0.25, 0.3) is 0 Å². The first-order valence-corrected chi connectivity index (χ1v) is 6.00. The number of rotatable bonds is 5. The summed E-state index contributed by atoms with van der Waals surface area (Å²) < 4.78 is 0. The monoisotopic (exact) mass is 254 g/mol. The van der Waals surface area contributed by atoms with Crippen molar-refractivity contribution in [3.8, 4) is 0 Å². The number of primary amides is 1. The molecule has 0 spiro atoms. The number of hydrogen-bond acceptors (Lipinski definition) is 2. The average molecular weight is 255 g/mol. The molecule has 3 N–H and O–H groups in total. The van der Waals surface area contributed by atoms with Crippen LogP contribution in [0.1, 0.15) is 32.4 Å². The van der Waals surface area contributed by atoms with E-state index in [1.165, 1.54) is 0 Å². The van der Waals surface area contributed by atoms with Gasteiger partial charge in [-0.2, -0.15) is 0 Å². The van der Waals surface area contributed by atoms with Crippen LogP contribution in [0.5, 0.6) is 0 Å². The lowest BCUT2D eigenvalue weighted by atomic mass is 9.92. The number of benzene rings is 1. The number of amides is 1. The Kier molecular flexibility index (Phi) is 4.54. The molecule has 3 nitrogen and oxygen atoms in total. The van der Waals surface area contributed by atoms with E-state index in [-0.39, 0.29) is 11.9 Å². The first kappa shape index (κ1) is 14.0. The quantitative estimate of drug-likeness (QED) is 0.848. The number of hydrogen-bond donors (Lipinski definition) is 2. The van der Waals surface area contributed by atoms with Crippen LogP contribution in [0.4, 0.5) is 0 Å². The van der Waals surface area contributed by atoms with Gasteiger partial charge in [-0.05, 0) is 32.4 Å². The molecule has 1 aromatic rings. The fourth-order valence-corrected chi connectivity index (χ4v) is 1.73.